The Kier molecular flexibility index (Phi) is 5.81. The van der Waals surface area contributed by atoms with Crippen molar-refractivity contribution in [2.75, 3.05) is 31.3 Å². The zero-order valence-corrected chi connectivity index (χ0v) is 11.4. The van der Waals surface area contributed by atoms with Gasteiger partial charge in [0.1, 0.15) is 5.75 Å². The van der Waals surface area contributed by atoms with Gasteiger partial charge in [0.2, 0.25) is 11.8 Å². The summed E-state index contributed by atoms with van der Waals surface area (Å²) in [7, 11) is 3.30. The van der Waals surface area contributed by atoms with Crippen molar-refractivity contribution in [3.8, 4) is 5.75 Å². The SMILES string of the molecule is CNCCC(=O)Nc1ccc(NC(C)=O)c(OC)c1. The largest absolute Gasteiger partial charge is 0.494 e. The molecule has 0 unspecified atom stereocenters. The summed E-state index contributed by atoms with van der Waals surface area (Å²) >= 11 is 0. The number of rotatable bonds is 6. The Labute approximate surface area is 112 Å². The van der Waals surface area contributed by atoms with E-state index < -0.39 is 0 Å². The molecule has 1 aromatic carbocycles. The molecular weight excluding hydrogens is 246 g/mol. The van der Waals surface area contributed by atoms with Crippen LogP contribution < -0.4 is 20.7 Å². The molecule has 0 aliphatic rings. The molecular formula is C13H19N3O3. The van der Waals surface area contributed by atoms with E-state index in [9.17, 15) is 9.59 Å². The molecule has 0 aliphatic carbocycles. The third-order valence-corrected chi connectivity index (χ3v) is 2.40. The second-order valence-corrected chi connectivity index (χ2v) is 4.00. The molecule has 0 fully saturated rings. The first-order valence-electron chi connectivity index (χ1n) is 5.97. The highest BCUT2D eigenvalue weighted by molar-refractivity contribution is 5.93. The number of anilines is 2. The van der Waals surface area contributed by atoms with Crippen molar-refractivity contribution >= 4 is 23.2 Å². The average Bonchev–Trinajstić information content (AvgIpc) is 2.37. The maximum Gasteiger partial charge on any atom is 0.225 e. The number of carbonyl (C=O) groups is 2. The van der Waals surface area contributed by atoms with Crippen molar-refractivity contribution in [1.82, 2.24) is 5.32 Å². The van der Waals surface area contributed by atoms with E-state index in [2.05, 4.69) is 16.0 Å². The molecule has 6 heteroatoms. The van der Waals surface area contributed by atoms with Gasteiger partial charge in [-0.25, -0.2) is 0 Å². The van der Waals surface area contributed by atoms with Gasteiger partial charge in [0.15, 0.2) is 0 Å². The summed E-state index contributed by atoms with van der Waals surface area (Å²) in [5.74, 6) is 0.245. The van der Waals surface area contributed by atoms with E-state index in [1.165, 1.54) is 14.0 Å². The van der Waals surface area contributed by atoms with Crippen LogP contribution in [-0.2, 0) is 9.59 Å². The van der Waals surface area contributed by atoms with Crippen LogP contribution in [0.1, 0.15) is 13.3 Å². The minimum Gasteiger partial charge on any atom is -0.494 e. The van der Waals surface area contributed by atoms with E-state index in [0.29, 0.717) is 30.1 Å². The van der Waals surface area contributed by atoms with Crippen LogP contribution in [0, 0.1) is 0 Å². The fraction of sp³-hybridized carbons (Fsp3) is 0.385. The highest BCUT2D eigenvalue weighted by Crippen LogP contribution is 2.27. The number of nitrogens with one attached hydrogen (secondary N) is 3. The molecule has 0 spiro atoms. The van der Waals surface area contributed by atoms with Crippen molar-refractivity contribution in [2.24, 2.45) is 0 Å². The molecule has 1 aromatic rings. The van der Waals surface area contributed by atoms with Crippen molar-refractivity contribution in [3.63, 3.8) is 0 Å². The molecule has 0 atom stereocenters. The molecule has 6 nitrogen and oxygen atoms in total. The first-order valence-corrected chi connectivity index (χ1v) is 5.97. The molecule has 0 saturated carbocycles. The van der Waals surface area contributed by atoms with Crippen LogP contribution >= 0.6 is 0 Å². The topological polar surface area (TPSA) is 79.5 Å². The number of ether oxygens (including phenoxy) is 1. The van der Waals surface area contributed by atoms with Gasteiger partial charge in [0.05, 0.1) is 12.8 Å². The average molecular weight is 265 g/mol. The lowest BCUT2D eigenvalue weighted by atomic mass is 10.2. The van der Waals surface area contributed by atoms with Crippen molar-refractivity contribution < 1.29 is 14.3 Å². The summed E-state index contributed by atoms with van der Waals surface area (Å²) in [6, 6.07) is 5.07. The second kappa shape index (κ2) is 7.38. The summed E-state index contributed by atoms with van der Waals surface area (Å²) < 4.78 is 5.17. The minimum atomic E-state index is -0.177. The summed E-state index contributed by atoms with van der Waals surface area (Å²) in [5.41, 5.74) is 1.20. The summed E-state index contributed by atoms with van der Waals surface area (Å²) in [5, 5.41) is 8.32. The maximum atomic E-state index is 11.6. The fourth-order valence-corrected chi connectivity index (χ4v) is 1.52. The number of methoxy groups -OCH3 is 1. The Bertz CT molecular complexity index is 460. The van der Waals surface area contributed by atoms with E-state index >= 15 is 0 Å². The lowest BCUT2D eigenvalue weighted by Gasteiger charge is -2.11. The summed E-state index contributed by atoms with van der Waals surface area (Å²) in [6.07, 6.45) is 0.395. The number of hydrogen-bond donors (Lipinski definition) is 3. The van der Waals surface area contributed by atoms with Gasteiger partial charge in [0, 0.05) is 31.6 Å². The zero-order valence-electron chi connectivity index (χ0n) is 11.4. The monoisotopic (exact) mass is 265 g/mol. The van der Waals surface area contributed by atoms with Gasteiger partial charge < -0.3 is 20.7 Å². The minimum absolute atomic E-state index is 0.0799. The van der Waals surface area contributed by atoms with Gasteiger partial charge in [0.25, 0.3) is 0 Å². The van der Waals surface area contributed by atoms with Crippen LogP contribution in [0.4, 0.5) is 11.4 Å². The molecule has 0 aliphatic heterocycles. The zero-order chi connectivity index (χ0) is 14.3. The van der Waals surface area contributed by atoms with Crippen LogP contribution in [-0.4, -0.2) is 32.5 Å². The van der Waals surface area contributed by atoms with Crippen molar-refractivity contribution in [1.29, 1.82) is 0 Å². The molecule has 2 amide bonds. The third-order valence-electron chi connectivity index (χ3n) is 2.40. The van der Waals surface area contributed by atoms with E-state index in [0.717, 1.165) is 0 Å². The Morgan fingerprint density at radius 3 is 2.58 bits per heavy atom. The van der Waals surface area contributed by atoms with E-state index in [4.69, 9.17) is 4.74 Å². The molecule has 1 rings (SSSR count). The third kappa shape index (κ3) is 4.97. The molecule has 0 radical (unpaired) electrons. The van der Waals surface area contributed by atoms with Gasteiger partial charge in [-0.1, -0.05) is 0 Å². The number of amides is 2. The normalized spacial score (nSPS) is 9.84. The molecule has 0 saturated heterocycles. The molecule has 3 N–H and O–H groups in total. The lowest BCUT2D eigenvalue weighted by molar-refractivity contribution is -0.116. The molecule has 0 bridgehead atoms. The highest BCUT2D eigenvalue weighted by atomic mass is 16.5. The lowest BCUT2D eigenvalue weighted by Crippen LogP contribution is -2.18. The van der Waals surface area contributed by atoms with E-state index in [-0.39, 0.29) is 11.8 Å². The van der Waals surface area contributed by atoms with Crippen LogP contribution in [0.25, 0.3) is 0 Å². The number of benzene rings is 1. The number of carbonyl (C=O) groups excluding carboxylic acids is 2. The van der Waals surface area contributed by atoms with Crippen LogP contribution in [0.2, 0.25) is 0 Å². The standard InChI is InChI=1S/C13H19N3O3/c1-9(17)15-11-5-4-10(8-12(11)19-3)16-13(18)6-7-14-2/h4-5,8,14H,6-7H2,1-3H3,(H,15,17)(H,16,18). The van der Waals surface area contributed by atoms with Gasteiger partial charge in [-0.15, -0.1) is 0 Å². The molecule has 19 heavy (non-hydrogen) atoms. The van der Waals surface area contributed by atoms with Gasteiger partial charge in [-0.05, 0) is 19.2 Å². The van der Waals surface area contributed by atoms with Gasteiger partial charge in [-0.3, -0.25) is 9.59 Å². The quantitative estimate of drug-likeness (QED) is 0.722. The Morgan fingerprint density at radius 2 is 2.00 bits per heavy atom. The maximum absolute atomic E-state index is 11.6. The van der Waals surface area contributed by atoms with Crippen molar-refractivity contribution in [2.45, 2.75) is 13.3 Å². The first-order chi connectivity index (χ1) is 9.06. The summed E-state index contributed by atoms with van der Waals surface area (Å²) in [6.45, 7) is 2.04. The second-order valence-electron chi connectivity index (χ2n) is 4.00. The van der Waals surface area contributed by atoms with Gasteiger partial charge in [-0.2, -0.15) is 0 Å². The predicted octanol–water partition coefficient (Wildman–Crippen LogP) is 1.20. The number of hydrogen-bond acceptors (Lipinski definition) is 4. The van der Waals surface area contributed by atoms with Crippen LogP contribution in [0.3, 0.4) is 0 Å². The van der Waals surface area contributed by atoms with E-state index in [1.54, 1.807) is 25.2 Å². The smallest absolute Gasteiger partial charge is 0.225 e. The Morgan fingerprint density at radius 1 is 1.26 bits per heavy atom. The molecule has 0 heterocycles. The fourth-order valence-electron chi connectivity index (χ4n) is 1.52. The molecule has 0 aromatic heterocycles. The van der Waals surface area contributed by atoms with E-state index in [1.807, 2.05) is 0 Å². The summed E-state index contributed by atoms with van der Waals surface area (Å²) in [4.78, 5) is 22.6. The molecule has 104 valence electrons. The van der Waals surface area contributed by atoms with Crippen LogP contribution in [0.15, 0.2) is 18.2 Å². The first kappa shape index (κ1) is 15.0. The predicted molar refractivity (Wildman–Crippen MR) is 74.5 cm³/mol. The van der Waals surface area contributed by atoms with Crippen LogP contribution in [0.5, 0.6) is 5.75 Å². The highest BCUT2D eigenvalue weighted by Gasteiger charge is 2.07. The Balaban J connectivity index is 2.76. The van der Waals surface area contributed by atoms with Gasteiger partial charge >= 0.3 is 0 Å². The van der Waals surface area contributed by atoms with Crippen molar-refractivity contribution in [3.05, 3.63) is 18.2 Å². The Hall–Kier alpha value is -2.08.